The van der Waals surface area contributed by atoms with E-state index in [4.69, 9.17) is 5.26 Å². The average molecular weight is 354 g/mol. The molecule has 0 spiro atoms. The maximum absolute atomic E-state index is 14.6. The molecular weight excluding hydrogens is 333 g/mol. The number of anilines is 1. The van der Waals surface area contributed by atoms with Crippen LogP contribution in [-0.2, 0) is 0 Å². The van der Waals surface area contributed by atoms with Crippen molar-refractivity contribution < 1.29 is 4.39 Å². The molecular formula is C16H21BrFN3. The predicted octanol–water partition coefficient (Wildman–Crippen LogP) is 3.67. The Bertz CT molecular complexity index is 533. The molecule has 0 aliphatic carbocycles. The summed E-state index contributed by atoms with van der Waals surface area (Å²) in [6.07, 6.45) is 2.25. The van der Waals surface area contributed by atoms with Gasteiger partial charge in [0, 0.05) is 12.6 Å². The SMILES string of the molecule is CC(C)N(CC1CCNCC1)c1ccc(C#N)c(Br)c1F. The number of nitriles is 1. The van der Waals surface area contributed by atoms with Gasteiger partial charge < -0.3 is 10.2 Å². The molecule has 5 heteroatoms. The molecule has 0 unspecified atom stereocenters. The summed E-state index contributed by atoms with van der Waals surface area (Å²) in [7, 11) is 0. The summed E-state index contributed by atoms with van der Waals surface area (Å²) in [4.78, 5) is 2.11. The van der Waals surface area contributed by atoms with E-state index < -0.39 is 0 Å². The maximum Gasteiger partial charge on any atom is 0.161 e. The number of benzene rings is 1. The van der Waals surface area contributed by atoms with E-state index in [9.17, 15) is 4.39 Å². The number of nitrogens with zero attached hydrogens (tertiary/aromatic N) is 2. The highest BCUT2D eigenvalue weighted by atomic mass is 79.9. The molecule has 1 saturated heterocycles. The second-order valence-electron chi connectivity index (χ2n) is 5.81. The van der Waals surface area contributed by atoms with Crippen molar-refractivity contribution in [1.82, 2.24) is 5.32 Å². The third-order valence-corrected chi connectivity index (χ3v) is 4.80. The van der Waals surface area contributed by atoms with Gasteiger partial charge in [-0.15, -0.1) is 0 Å². The molecule has 1 fully saturated rings. The van der Waals surface area contributed by atoms with Crippen molar-refractivity contribution in [3.8, 4) is 6.07 Å². The van der Waals surface area contributed by atoms with E-state index in [1.165, 1.54) is 0 Å². The average Bonchev–Trinajstić information content (AvgIpc) is 2.49. The molecule has 1 aliphatic rings. The Hall–Kier alpha value is -1.12. The van der Waals surface area contributed by atoms with E-state index in [1.54, 1.807) is 12.1 Å². The number of nitrogens with one attached hydrogen (secondary N) is 1. The van der Waals surface area contributed by atoms with Gasteiger partial charge in [-0.2, -0.15) is 5.26 Å². The maximum atomic E-state index is 14.6. The normalized spacial score (nSPS) is 16.0. The van der Waals surface area contributed by atoms with Crippen LogP contribution in [0.5, 0.6) is 0 Å². The van der Waals surface area contributed by atoms with Crippen LogP contribution in [0.25, 0.3) is 0 Å². The first-order chi connectivity index (χ1) is 10.0. The fraction of sp³-hybridized carbons (Fsp3) is 0.562. The van der Waals surface area contributed by atoms with E-state index in [2.05, 4.69) is 40.0 Å². The molecule has 1 N–H and O–H groups in total. The van der Waals surface area contributed by atoms with Gasteiger partial charge in [-0.05, 0) is 73.8 Å². The van der Waals surface area contributed by atoms with Crippen LogP contribution in [0.3, 0.4) is 0 Å². The smallest absolute Gasteiger partial charge is 0.161 e. The van der Waals surface area contributed by atoms with E-state index in [-0.39, 0.29) is 16.3 Å². The van der Waals surface area contributed by atoms with E-state index in [0.29, 0.717) is 17.2 Å². The fourth-order valence-corrected chi connectivity index (χ4v) is 3.20. The largest absolute Gasteiger partial charge is 0.366 e. The summed E-state index contributed by atoms with van der Waals surface area (Å²) >= 11 is 3.20. The van der Waals surface area contributed by atoms with Crippen molar-refractivity contribution in [2.45, 2.75) is 32.7 Å². The van der Waals surface area contributed by atoms with Crippen molar-refractivity contribution in [1.29, 1.82) is 5.26 Å². The quantitative estimate of drug-likeness (QED) is 0.897. The molecule has 2 rings (SSSR count). The first-order valence-electron chi connectivity index (χ1n) is 7.40. The zero-order valence-corrected chi connectivity index (χ0v) is 14.1. The zero-order valence-electron chi connectivity index (χ0n) is 12.5. The number of hydrogen-bond donors (Lipinski definition) is 1. The van der Waals surface area contributed by atoms with Gasteiger partial charge in [-0.1, -0.05) is 0 Å². The summed E-state index contributed by atoms with van der Waals surface area (Å²) in [5.41, 5.74) is 0.913. The zero-order chi connectivity index (χ0) is 15.4. The van der Waals surface area contributed by atoms with E-state index in [0.717, 1.165) is 32.5 Å². The Balaban J connectivity index is 2.26. The lowest BCUT2D eigenvalue weighted by atomic mass is 9.96. The summed E-state index contributed by atoms with van der Waals surface area (Å²) < 4.78 is 14.8. The van der Waals surface area contributed by atoms with Gasteiger partial charge in [0.05, 0.1) is 15.7 Å². The van der Waals surface area contributed by atoms with Crippen LogP contribution in [0.15, 0.2) is 16.6 Å². The van der Waals surface area contributed by atoms with Crippen molar-refractivity contribution in [3.05, 3.63) is 28.0 Å². The second kappa shape index (κ2) is 7.24. The minimum absolute atomic E-state index is 0.217. The van der Waals surface area contributed by atoms with Crippen LogP contribution in [0.4, 0.5) is 10.1 Å². The highest BCUT2D eigenvalue weighted by molar-refractivity contribution is 9.10. The summed E-state index contributed by atoms with van der Waals surface area (Å²) in [5, 5.41) is 12.3. The molecule has 21 heavy (non-hydrogen) atoms. The minimum atomic E-state index is -0.336. The molecule has 1 heterocycles. The van der Waals surface area contributed by atoms with Crippen LogP contribution < -0.4 is 10.2 Å². The molecule has 1 aliphatic heterocycles. The van der Waals surface area contributed by atoms with E-state index in [1.807, 2.05) is 6.07 Å². The van der Waals surface area contributed by atoms with Crippen molar-refractivity contribution >= 4 is 21.6 Å². The third kappa shape index (κ3) is 3.75. The Morgan fingerprint density at radius 2 is 2.10 bits per heavy atom. The summed E-state index contributed by atoms with van der Waals surface area (Å²) in [5.74, 6) is 0.249. The van der Waals surface area contributed by atoms with Crippen LogP contribution in [0.2, 0.25) is 0 Å². The van der Waals surface area contributed by atoms with Gasteiger partial charge in [0.25, 0.3) is 0 Å². The lowest BCUT2D eigenvalue weighted by Gasteiger charge is -2.35. The molecule has 0 amide bonds. The first kappa shape index (κ1) is 16.3. The molecule has 0 aromatic heterocycles. The molecule has 1 aromatic rings. The van der Waals surface area contributed by atoms with Crippen molar-refractivity contribution in [2.75, 3.05) is 24.5 Å². The number of halogens is 2. The molecule has 0 bridgehead atoms. The summed E-state index contributed by atoms with van der Waals surface area (Å²) in [6, 6.07) is 5.62. The predicted molar refractivity (Wildman–Crippen MR) is 86.9 cm³/mol. The van der Waals surface area contributed by atoms with Gasteiger partial charge in [0.15, 0.2) is 5.82 Å². The number of piperidine rings is 1. The molecule has 1 aromatic carbocycles. The van der Waals surface area contributed by atoms with Crippen LogP contribution >= 0.6 is 15.9 Å². The Labute approximate surface area is 134 Å². The third-order valence-electron chi connectivity index (χ3n) is 4.03. The number of hydrogen-bond acceptors (Lipinski definition) is 3. The Morgan fingerprint density at radius 1 is 1.43 bits per heavy atom. The molecule has 0 saturated carbocycles. The van der Waals surface area contributed by atoms with Crippen molar-refractivity contribution in [3.63, 3.8) is 0 Å². The lowest BCUT2D eigenvalue weighted by Crippen LogP contribution is -2.40. The fourth-order valence-electron chi connectivity index (χ4n) is 2.78. The number of rotatable bonds is 4. The standard InChI is InChI=1S/C16H21BrFN3/c1-11(2)21(10-12-5-7-20-8-6-12)14-4-3-13(9-19)15(17)16(14)18/h3-4,11-12,20H,5-8,10H2,1-2H3. The Morgan fingerprint density at radius 3 is 2.67 bits per heavy atom. The van der Waals surface area contributed by atoms with E-state index >= 15 is 0 Å². The van der Waals surface area contributed by atoms with Gasteiger partial charge in [-0.3, -0.25) is 0 Å². The monoisotopic (exact) mass is 353 g/mol. The minimum Gasteiger partial charge on any atom is -0.366 e. The van der Waals surface area contributed by atoms with Crippen LogP contribution in [0, 0.1) is 23.1 Å². The molecule has 3 nitrogen and oxygen atoms in total. The Kier molecular flexibility index (Phi) is 5.60. The van der Waals surface area contributed by atoms with Gasteiger partial charge >= 0.3 is 0 Å². The van der Waals surface area contributed by atoms with Crippen molar-refractivity contribution in [2.24, 2.45) is 5.92 Å². The second-order valence-corrected chi connectivity index (χ2v) is 6.60. The topological polar surface area (TPSA) is 39.1 Å². The van der Waals surface area contributed by atoms with Crippen LogP contribution in [0.1, 0.15) is 32.3 Å². The first-order valence-corrected chi connectivity index (χ1v) is 8.19. The highest BCUT2D eigenvalue weighted by Crippen LogP contribution is 2.31. The molecule has 114 valence electrons. The van der Waals surface area contributed by atoms with Gasteiger partial charge in [-0.25, -0.2) is 4.39 Å². The lowest BCUT2D eigenvalue weighted by molar-refractivity contribution is 0.366. The van der Waals surface area contributed by atoms with Gasteiger partial charge in [0.1, 0.15) is 6.07 Å². The summed E-state index contributed by atoms with van der Waals surface area (Å²) in [6.45, 7) is 7.08. The molecule has 0 atom stereocenters. The molecule has 0 radical (unpaired) electrons. The highest BCUT2D eigenvalue weighted by Gasteiger charge is 2.23. The van der Waals surface area contributed by atoms with Crippen LogP contribution in [-0.4, -0.2) is 25.7 Å². The van der Waals surface area contributed by atoms with Gasteiger partial charge in [0.2, 0.25) is 0 Å².